The molecule has 3 rings (SSSR count). The van der Waals surface area contributed by atoms with Gasteiger partial charge in [0.05, 0.1) is 10.3 Å². The molecule has 0 radical (unpaired) electrons. The number of carboxylic acid groups (broad SMARTS) is 1. The summed E-state index contributed by atoms with van der Waals surface area (Å²) < 4.78 is 25.3. The smallest absolute Gasteiger partial charge is 0.317 e. The molecule has 8 nitrogen and oxygen atoms in total. The average Bonchev–Trinajstić information content (AvgIpc) is 3.18. The fourth-order valence-electron chi connectivity index (χ4n) is 4.07. The number of rotatable bonds is 5. The number of carbonyl (C=O) groups excluding carboxylic acids is 1. The predicted molar refractivity (Wildman–Crippen MR) is 98.5 cm³/mol. The summed E-state index contributed by atoms with van der Waals surface area (Å²) >= 11 is 0. The first-order valence-electron chi connectivity index (χ1n) is 8.94. The highest BCUT2D eigenvalue weighted by molar-refractivity contribution is 7.89. The van der Waals surface area contributed by atoms with Crippen LogP contribution < -0.4 is 5.32 Å². The number of aliphatic carboxylic acids is 1. The molecule has 0 aromatic heterocycles. The fraction of sp³-hybridized carbons (Fsp3) is 0.556. The summed E-state index contributed by atoms with van der Waals surface area (Å²) in [7, 11) is -0.538. The quantitative estimate of drug-likeness (QED) is 0.782. The lowest BCUT2D eigenvalue weighted by Gasteiger charge is -2.23. The van der Waals surface area contributed by atoms with E-state index in [1.54, 1.807) is 17.0 Å². The van der Waals surface area contributed by atoms with E-state index in [0.29, 0.717) is 13.0 Å². The number of likely N-dealkylation sites (tertiary alicyclic amines) is 1. The van der Waals surface area contributed by atoms with Crippen molar-refractivity contribution in [1.29, 1.82) is 0 Å². The van der Waals surface area contributed by atoms with E-state index in [-0.39, 0.29) is 29.9 Å². The lowest BCUT2D eigenvalue weighted by atomic mass is 9.81. The van der Waals surface area contributed by atoms with Gasteiger partial charge in [0, 0.05) is 33.7 Å². The van der Waals surface area contributed by atoms with Crippen molar-refractivity contribution in [3.8, 4) is 0 Å². The third-order valence-electron chi connectivity index (χ3n) is 5.73. The van der Waals surface area contributed by atoms with Crippen LogP contribution in [0.5, 0.6) is 0 Å². The van der Waals surface area contributed by atoms with Gasteiger partial charge < -0.3 is 15.3 Å². The van der Waals surface area contributed by atoms with Gasteiger partial charge in [0.25, 0.3) is 0 Å². The first-order valence-corrected chi connectivity index (χ1v) is 10.4. The van der Waals surface area contributed by atoms with Crippen LogP contribution in [0.3, 0.4) is 0 Å². The van der Waals surface area contributed by atoms with Crippen LogP contribution in [0.1, 0.15) is 24.8 Å². The van der Waals surface area contributed by atoms with Crippen molar-refractivity contribution in [2.75, 3.05) is 27.2 Å². The monoisotopic (exact) mass is 395 g/mol. The number of benzene rings is 1. The predicted octanol–water partition coefficient (Wildman–Crippen LogP) is 1.33. The van der Waals surface area contributed by atoms with E-state index >= 15 is 0 Å². The second kappa shape index (κ2) is 7.12. The van der Waals surface area contributed by atoms with Crippen molar-refractivity contribution < 1.29 is 23.1 Å². The van der Waals surface area contributed by atoms with Crippen LogP contribution in [0.4, 0.5) is 4.79 Å². The van der Waals surface area contributed by atoms with E-state index in [1.807, 2.05) is 0 Å². The van der Waals surface area contributed by atoms with Crippen LogP contribution in [-0.4, -0.2) is 61.9 Å². The molecule has 1 heterocycles. The van der Waals surface area contributed by atoms with Gasteiger partial charge >= 0.3 is 12.0 Å². The van der Waals surface area contributed by atoms with Crippen molar-refractivity contribution >= 4 is 22.0 Å². The van der Waals surface area contributed by atoms with Gasteiger partial charge in [-0.2, -0.15) is 0 Å². The van der Waals surface area contributed by atoms with Gasteiger partial charge in [0.1, 0.15) is 0 Å². The highest BCUT2D eigenvalue weighted by Crippen LogP contribution is 2.48. The molecule has 2 aliphatic rings. The molecule has 1 aliphatic carbocycles. The molecule has 1 saturated carbocycles. The normalized spacial score (nSPS) is 24.9. The number of sulfonamides is 1. The Hall–Kier alpha value is -2.13. The van der Waals surface area contributed by atoms with Crippen molar-refractivity contribution in [2.45, 2.75) is 30.7 Å². The summed E-state index contributed by atoms with van der Waals surface area (Å²) in [6, 6.07) is 6.06. The number of carbonyl (C=O) groups is 2. The lowest BCUT2D eigenvalue weighted by Crippen LogP contribution is -2.41. The van der Waals surface area contributed by atoms with Gasteiger partial charge in [0.15, 0.2) is 0 Å². The first-order chi connectivity index (χ1) is 12.7. The molecule has 2 amide bonds. The van der Waals surface area contributed by atoms with Gasteiger partial charge in [-0.3, -0.25) is 4.79 Å². The molecular formula is C18H25N3O5S. The molecule has 1 saturated heterocycles. The first kappa shape index (κ1) is 19.6. The number of fused-ring (bicyclic) bond motifs is 1. The van der Waals surface area contributed by atoms with E-state index in [4.69, 9.17) is 0 Å². The van der Waals surface area contributed by atoms with E-state index < -0.39 is 21.4 Å². The van der Waals surface area contributed by atoms with Gasteiger partial charge in [-0.05, 0) is 36.5 Å². The highest BCUT2D eigenvalue weighted by Gasteiger charge is 2.55. The molecule has 0 bridgehead atoms. The van der Waals surface area contributed by atoms with Crippen LogP contribution in [-0.2, 0) is 21.4 Å². The van der Waals surface area contributed by atoms with Crippen LogP contribution in [0.2, 0.25) is 0 Å². The number of carboxylic acids is 1. The summed E-state index contributed by atoms with van der Waals surface area (Å²) in [5.74, 6) is -0.783. The zero-order valence-electron chi connectivity index (χ0n) is 15.5. The van der Waals surface area contributed by atoms with E-state index in [1.165, 1.54) is 26.2 Å². The minimum absolute atomic E-state index is 0.0243. The Balaban J connectivity index is 1.60. The third kappa shape index (κ3) is 3.53. The third-order valence-corrected chi connectivity index (χ3v) is 7.56. The number of nitrogens with zero attached hydrogens (tertiary/aromatic N) is 2. The van der Waals surface area contributed by atoms with E-state index in [2.05, 4.69) is 5.32 Å². The largest absolute Gasteiger partial charge is 0.481 e. The maximum Gasteiger partial charge on any atom is 0.317 e. The Bertz CT molecular complexity index is 837. The Labute approximate surface area is 159 Å². The minimum Gasteiger partial charge on any atom is -0.481 e. The molecule has 1 aliphatic heterocycles. The average molecular weight is 395 g/mol. The molecule has 0 unspecified atom stereocenters. The number of nitrogens with one attached hydrogen (secondary N) is 1. The van der Waals surface area contributed by atoms with Crippen molar-refractivity contribution in [1.82, 2.24) is 14.5 Å². The second-order valence-electron chi connectivity index (χ2n) is 7.52. The molecular weight excluding hydrogens is 370 g/mol. The Kier molecular flexibility index (Phi) is 5.18. The molecule has 9 heteroatoms. The molecule has 2 atom stereocenters. The summed E-state index contributed by atoms with van der Waals surface area (Å²) in [5.41, 5.74) is -0.0205. The topological polar surface area (TPSA) is 107 Å². The van der Waals surface area contributed by atoms with Crippen LogP contribution in [0.15, 0.2) is 29.2 Å². The highest BCUT2D eigenvalue weighted by atomic mass is 32.2. The molecule has 1 aromatic rings. The molecule has 0 spiro atoms. The maximum atomic E-state index is 12.4. The summed E-state index contributed by atoms with van der Waals surface area (Å²) in [6.45, 7) is 0.972. The number of urea groups is 1. The zero-order valence-corrected chi connectivity index (χ0v) is 16.3. The zero-order chi connectivity index (χ0) is 19.8. The Morgan fingerprint density at radius 2 is 1.96 bits per heavy atom. The Morgan fingerprint density at radius 1 is 1.30 bits per heavy atom. The van der Waals surface area contributed by atoms with E-state index in [9.17, 15) is 23.1 Å². The van der Waals surface area contributed by atoms with Crippen molar-refractivity contribution in [3.05, 3.63) is 29.8 Å². The van der Waals surface area contributed by atoms with Gasteiger partial charge in [-0.1, -0.05) is 18.6 Å². The lowest BCUT2D eigenvalue weighted by molar-refractivity contribution is -0.149. The standard InChI is InChI=1S/C18H25N3O5S/c1-20(2)27(25,26)15-7-5-13(6-8-15)10-19-17(24)21-11-14-4-3-9-18(14,12-21)16(22)23/h5-8,14H,3-4,9-12H2,1-2H3,(H,19,24)(H,22,23)/t14-,18+/m0/s1. The van der Waals surface area contributed by atoms with Gasteiger partial charge in [-0.25, -0.2) is 17.5 Å². The van der Waals surface area contributed by atoms with Gasteiger partial charge in [0.2, 0.25) is 10.0 Å². The second-order valence-corrected chi connectivity index (χ2v) is 9.67. The molecule has 2 N–H and O–H groups in total. The minimum atomic E-state index is -3.48. The van der Waals surface area contributed by atoms with Crippen molar-refractivity contribution in [3.63, 3.8) is 0 Å². The molecule has 2 fully saturated rings. The molecule has 27 heavy (non-hydrogen) atoms. The van der Waals surface area contributed by atoms with E-state index in [0.717, 1.165) is 22.7 Å². The molecule has 148 valence electrons. The summed E-state index contributed by atoms with van der Waals surface area (Å²) in [5, 5.41) is 12.4. The van der Waals surface area contributed by atoms with Crippen LogP contribution >= 0.6 is 0 Å². The molecule has 1 aromatic carbocycles. The summed E-state index contributed by atoms with van der Waals surface area (Å²) in [6.07, 6.45) is 2.37. The SMILES string of the molecule is CN(C)S(=O)(=O)c1ccc(CNC(=O)N2C[C@@H]3CCC[C@@]3(C(=O)O)C2)cc1. The van der Waals surface area contributed by atoms with Crippen LogP contribution in [0, 0.1) is 11.3 Å². The number of amides is 2. The van der Waals surface area contributed by atoms with Crippen LogP contribution in [0.25, 0.3) is 0 Å². The van der Waals surface area contributed by atoms with Crippen molar-refractivity contribution in [2.24, 2.45) is 11.3 Å². The van der Waals surface area contributed by atoms with Gasteiger partial charge in [-0.15, -0.1) is 0 Å². The number of hydrogen-bond acceptors (Lipinski definition) is 4. The maximum absolute atomic E-state index is 12.4. The number of hydrogen-bond donors (Lipinski definition) is 2. The Morgan fingerprint density at radius 3 is 2.52 bits per heavy atom. The fourth-order valence-corrected chi connectivity index (χ4v) is 4.97. The summed E-state index contributed by atoms with van der Waals surface area (Å²) in [4.78, 5) is 25.9.